The first-order valence-corrected chi connectivity index (χ1v) is 10.0. The molecule has 2 amide bonds. The minimum atomic E-state index is -0.279. The van der Waals surface area contributed by atoms with E-state index in [0.717, 1.165) is 24.0 Å². The first kappa shape index (κ1) is 19.5. The van der Waals surface area contributed by atoms with E-state index in [1.54, 1.807) is 12.1 Å². The smallest absolute Gasteiger partial charge is 0.229 e. The van der Waals surface area contributed by atoms with E-state index in [-0.39, 0.29) is 29.5 Å². The maximum Gasteiger partial charge on any atom is 0.229 e. The van der Waals surface area contributed by atoms with Crippen LogP contribution in [-0.2, 0) is 9.59 Å². The number of hydrogen-bond acceptors (Lipinski definition) is 4. The van der Waals surface area contributed by atoms with Gasteiger partial charge in [-0.15, -0.1) is 0 Å². The van der Waals surface area contributed by atoms with Crippen molar-refractivity contribution in [2.75, 3.05) is 31.5 Å². The van der Waals surface area contributed by atoms with E-state index in [9.17, 15) is 14.0 Å². The topological polar surface area (TPSA) is 73.5 Å². The summed E-state index contributed by atoms with van der Waals surface area (Å²) in [6.07, 6.45) is 1.60. The van der Waals surface area contributed by atoms with Gasteiger partial charge in [-0.3, -0.25) is 20.4 Å². The second kappa shape index (κ2) is 8.71. The quantitative estimate of drug-likeness (QED) is 0.742. The molecule has 3 N–H and O–H groups in total. The molecule has 2 aliphatic rings. The molecule has 2 aromatic carbocycles. The van der Waals surface area contributed by atoms with Crippen LogP contribution in [0.2, 0.25) is 0 Å². The molecule has 0 radical (unpaired) electrons. The third-order valence-corrected chi connectivity index (χ3v) is 5.58. The maximum absolute atomic E-state index is 13.2. The summed E-state index contributed by atoms with van der Waals surface area (Å²) >= 11 is 0. The Morgan fingerprint density at radius 3 is 2.52 bits per heavy atom. The van der Waals surface area contributed by atoms with E-state index in [4.69, 9.17) is 0 Å². The Morgan fingerprint density at radius 1 is 1.00 bits per heavy atom. The molecule has 7 heteroatoms. The van der Waals surface area contributed by atoms with Gasteiger partial charge in [0.1, 0.15) is 5.82 Å². The summed E-state index contributed by atoms with van der Waals surface area (Å²) in [7, 11) is 0. The van der Waals surface area contributed by atoms with Crippen molar-refractivity contribution in [3.8, 4) is 11.1 Å². The molecule has 2 saturated heterocycles. The number of hydrazine groups is 1. The third-order valence-electron chi connectivity index (χ3n) is 5.58. The number of carbonyl (C=O) groups is 2. The number of piperidine rings is 1. The zero-order valence-corrected chi connectivity index (χ0v) is 16.2. The van der Waals surface area contributed by atoms with Crippen LogP contribution in [0.3, 0.4) is 0 Å². The Labute approximate surface area is 169 Å². The molecular weight excluding hydrogens is 371 g/mol. The second-order valence-electron chi connectivity index (χ2n) is 7.66. The van der Waals surface area contributed by atoms with E-state index in [0.29, 0.717) is 31.9 Å². The number of carbonyl (C=O) groups excluding carboxylic acids is 2. The van der Waals surface area contributed by atoms with Crippen LogP contribution in [0, 0.1) is 17.7 Å². The molecule has 2 aromatic rings. The molecule has 2 heterocycles. The lowest BCUT2D eigenvalue weighted by molar-refractivity contribution is -0.137. The molecule has 29 heavy (non-hydrogen) atoms. The molecule has 1 unspecified atom stereocenters. The van der Waals surface area contributed by atoms with E-state index < -0.39 is 0 Å². The molecule has 0 saturated carbocycles. The van der Waals surface area contributed by atoms with Gasteiger partial charge in [-0.2, -0.15) is 0 Å². The molecule has 1 atom stereocenters. The zero-order chi connectivity index (χ0) is 20.2. The number of anilines is 1. The summed E-state index contributed by atoms with van der Waals surface area (Å²) in [5.74, 6) is -0.521. The fraction of sp³-hybridized carbons (Fsp3) is 0.364. The van der Waals surface area contributed by atoms with Crippen LogP contribution in [0.15, 0.2) is 48.5 Å². The maximum atomic E-state index is 13.2. The average molecular weight is 396 g/mol. The van der Waals surface area contributed by atoms with Crippen molar-refractivity contribution in [1.29, 1.82) is 0 Å². The van der Waals surface area contributed by atoms with Gasteiger partial charge in [0.15, 0.2) is 0 Å². The van der Waals surface area contributed by atoms with E-state index in [2.05, 4.69) is 16.2 Å². The molecule has 2 aliphatic heterocycles. The van der Waals surface area contributed by atoms with Gasteiger partial charge in [0.2, 0.25) is 11.8 Å². The lowest BCUT2D eigenvalue weighted by atomic mass is 9.95. The Bertz CT molecular complexity index is 881. The van der Waals surface area contributed by atoms with Crippen LogP contribution in [0.25, 0.3) is 11.1 Å². The number of rotatable bonds is 4. The molecule has 0 aromatic heterocycles. The fourth-order valence-electron chi connectivity index (χ4n) is 3.95. The molecule has 0 aliphatic carbocycles. The first-order chi connectivity index (χ1) is 14.1. The molecule has 0 spiro atoms. The number of nitrogens with zero attached hydrogens (tertiary/aromatic N) is 1. The number of halogens is 1. The van der Waals surface area contributed by atoms with Crippen molar-refractivity contribution < 1.29 is 14.0 Å². The summed E-state index contributed by atoms with van der Waals surface area (Å²) in [5, 5.41) is 2.99. The highest BCUT2D eigenvalue weighted by molar-refractivity contribution is 5.94. The van der Waals surface area contributed by atoms with Crippen molar-refractivity contribution in [3.05, 3.63) is 54.3 Å². The van der Waals surface area contributed by atoms with Crippen LogP contribution in [-0.4, -0.2) is 42.9 Å². The van der Waals surface area contributed by atoms with Gasteiger partial charge < -0.3 is 10.2 Å². The van der Waals surface area contributed by atoms with Crippen molar-refractivity contribution in [3.63, 3.8) is 0 Å². The van der Waals surface area contributed by atoms with Crippen molar-refractivity contribution in [2.24, 2.45) is 11.8 Å². The normalized spacial score (nSPS) is 19.9. The van der Waals surface area contributed by atoms with Gasteiger partial charge in [0.25, 0.3) is 0 Å². The fourth-order valence-corrected chi connectivity index (χ4v) is 3.95. The standard InChI is InChI=1S/C22H25FN4O2/c23-19-8-6-15(7-9-19)16-3-1-5-20(11-16)26-21(28)17-4-2-10-27(14-17)22(29)18-12-24-25-13-18/h1,3,5-9,11,17-18,24-25H,2,4,10,12-14H2,(H,26,28). The number of nitrogens with one attached hydrogen (secondary N) is 3. The van der Waals surface area contributed by atoms with Gasteiger partial charge in [-0.1, -0.05) is 24.3 Å². The van der Waals surface area contributed by atoms with Crippen molar-refractivity contribution in [2.45, 2.75) is 12.8 Å². The Kier molecular flexibility index (Phi) is 5.87. The minimum Gasteiger partial charge on any atom is -0.342 e. The SMILES string of the molecule is O=C(Nc1cccc(-c2ccc(F)cc2)c1)C1CCCN(C(=O)C2CNNC2)C1. The Morgan fingerprint density at radius 2 is 1.76 bits per heavy atom. The molecule has 6 nitrogen and oxygen atoms in total. The molecule has 152 valence electrons. The van der Waals surface area contributed by atoms with Gasteiger partial charge in [-0.05, 0) is 48.2 Å². The highest BCUT2D eigenvalue weighted by Crippen LogP contribution is 2.25. The average Bonchev–Trinajstić information content (AvgIpc) is 3.29. The summed E-state index contributed by atoms with van der Waals surface area (Å²) < 4.78 is 13.2. The summed E-state index contributed by atoms with van der Waals surface area (Å²) in [5.41, 5.74) is 8.46. The monoisotopic (exact) mass is 396 g/mol. The van der Waals surface area contributed by atoms with Crippen molar-refractivity contribution in [1.82, 2.24) is 15.8 Å². The van der Waals surface area contributed by atoms with Crippen LogP contribution < -0.4 is 16.2 Å². The molecule has 4 rings (SSSR count). The second-order valence-corrected chi connectivity index (χ2v) is 7.66. The third kappa shape index (κ3) is 4.63. The summed E-state index contributed by atoms with van der Waals surface area (Å²) in [6.45, 7) is 2.42. The largest absolute Gasteiger partial charge is 0.342 e. The number of hydrogen-bond donors (Lipinski definition) is 3. The van der Waals surface area contributed by atoms with Crippen LogP contribution in [0.5, 0.6) is 0 Å². The van der Waals surface area contributed by atoms with Gasteiger partial charge in [0, 0.05) is 31.9 Å². The predicted octanol–water partition coefficient (Wildman–Crippen LogP) is 2.39. The lowest BCUT2D eigenvalue weighted by Gasteiger charge is -2.33. The number of benzene rings is 2. The Hall–Kier alpha value is -2.77. The summed E-state index contributed by atoms with van der Waals surface area (Å²) in [4.78, 5) is 27.3. The van der Waals surface area contributed by atoms with E-state index >= 15 is 0 Å². The van der Waals surface area contributed by atoms with Crippen LogP contribution >= 0.6 is 0 Å². The van der Waals surface area contributed by atoms with Crippen molar-refractivity contribution >= 4 is 17.5 Å². The molecular formula is C22H25FN4O2. The van der Waals surface area contributed by atoms with Gasteiger partial charge in [0.05, 0.1) is 11.8 Å². The highest BCUT2D eigenvalue weighted by Gasteiger charge is 2.33. The zero-order valence-electron chi connectivity index (χ0n) is 16.2. The lowest BCUT2D eigenvalue weighted by Crippen LogP contribution is -2.46. The first-order valence-electron chi connectivity index (χ1n) is 10.0. The van der Waals surface area contributed by atoms with Crippen LogP contribution in [0.1, 0.15) is 12.8 Å². The van der Waals surface area contributed by atoms with Gasteiger partial charge >= 0.3 is 0 Å². The number of amides is 2. The van der Waals surface area contributed by atoms with E-state index in [1.165, 1.54) is 12.1 Å². The highest BCUT2D eigenvalue weighted by atomic mass is 19.1. The van der Waals surface area contributed by atoms with Gasteiger partial charge in [-0.25, -0.2) is 4.39 Å². The molecule has 0 bridgehead atoms. The van der Waals surface area contributed by atoms with Crippen LogP contribution in [0.4, 0.5) is 10.1 Å². The van der Waals surface area contributed by atoms with E-state index in [1.807, 2.05) is 29.2 Å². The predicted molar refractivity (Wildman–Crippen MR) is 109 cm³/mol. The Balaban J connectivity index is 1.40. The molecule has 2 fully saturated rings. The minimum absolute atomic E-state index is 0.0656. The number of likely N-dealkylation sites (tertiary alicyclic amines) is 1. The summed E-state index contributed by atoms with van der Waals surface area (Å²) in [6, 6.07) is 13.8.